The number of rotatable bonds is 8. The minimum atomic E-state index is -1.37. The van der Waals surface area contributed by atoms with Crippen LogP contribution in [-0.4, -0.2) is 24.1 Å². The van der Waals surface area contributed by atoms with Crippen molar-refractivity contribution in [3.8, 4) is 6.07 Å². The number of hydrogen-bond acceptors (Lipinski definition) is 5. The Labute approximate surface area is 162 Å². The third-order valence-corrected chi connectivity index (χ3v) is 4.30. The van der Waals surface area contributed by atoms with Crippen molar-refractivity contribution >= 4 is 29.1 Å². The van der Waals surface area contributed by atoms with E-state index in [2.05, 4.69) is 0 Å². The van der Waals surface area contributed by atoms with Gasteiger partial charge in [-0.05, 0) is 31.2 Å². The van der Waals surface area contributed by atoms with Crippen LogP contribution in [0.1, 0.15) is 34.1 Å². The van der Waals surface area contributed by atoms with Gasteiger partial charge in [0.2, 0.25) is 0 Å². The van der Waals surface area contributed by atoms with E-state index in [1.807, 2.05) is 6.07 Å². The lowest BCUT2D eigenvalue weighted by Crippen LogP contribution is -2.32. The molecule has 27 heavy (non-hydrogen) atoms. The van der Waals surface area contributed by atoms with Gasteiger partial charge in [0, 0.05) is 22.6 Å². The molecule has 0 aliphatic rings. The molecule has 0 heterocycles. The van der Waals surface area contributed by atoms with E-state index in [1.165, 1.54) is 24.3 Å². The smallest absolute Gasteiger partial charge is 0.324 e. The van der Waals surface area contributed by atoms with Gasteiger partial charge >= 0.3 is 5.97 Å². The Bertz CT molecular complexity index is 856. The first-order chi connectivity index (χ1) is 13.0. The van der Waals surface area contributed by atoms with Gasteiger partial charge in [0.05, 0.1) is 18.6 Å². The normalized spacial score (nSPS) is 12.5. The molecule has 0 amide bonds. The highest BCUT2D eigenvalue weighted by Crippen LogP contribution is 2.25. The van der Waals surface area contributed by atoms with Gasteiger partial charge in [-0.2, -0.15) is 5.26 Å². The molecule has 138 valence electrons. The van der Waals surface area contributed by atoms with Gasteiger partial charge in [0.25, 0.3) is 0 Å². The molecule has 0 N–H and O–H groups in total. The number of benzene rings is 2. The molecular weight excluding hydrogens is 366 g/mol. The van der Waals surface area contributed by atoms with Crippen molar-refractivity contribution in [1.82, 2.24) is 0 Å². The van der Waals surface area contributed by atoms with E-state index in [-0.39, 0.29) is 24.4 Å². The zero-order chi connectivity index (χ0) is 19.8. The predicted molar refractivity (Wildman–Crippen MR) is 100 cm³/mol. The lowest BCUT2D eigenvalue weighted by atomic mass is 9.81. The number of esters is 1. The Morgan fingerprint density at radius 2 is 1.67 bits per heavy atom. The molecule has 0 spiro atoms. The van der Waals surface area contributed by atoms with Crippen molar-refractivity contribution in [2.45, 2.75) is 13.3 Å². The van der Waals surface area contributed by atoms with Gasteiger partial charge in [-0.1, -0.05) is 41.9 Å². The van der Waals surface area contributed by atoms with Crippen LogP contribution in [0.5, 0.6) is 0 Å². The molecule has 0 aliphatic heterocycles. The maximum atomic E-state index is 13.0. The van der Waals surface area contributed by atoms with Crippen LogP contribution in [0.4, 0.5) is 0 Å². The van der Waals surface area contributed by atoms with Crippen molar-refractivity contribution in [3.05, 3.63) is 70.7 Å². The maximum absolute atomic E-state index is 13.0. The van der Waals surface area contributed by atoms with Crippen LogP contribution in [0.3, 0.4) is 0 Å². The van der Waals surface area contributed by atoms with Gasteiger partial charge < -0.3 is 4.74 Å². The number of halogens is 1. The predicted octanol–water partition coefficient (Wildman–Crippen LogP) is 4.11. The van der Waals surface area contributed by atoms with E-state index >= 15 is 0 Å². The molecule has 0 fully saturated rings. The summed E-state index contributed by atoms with van der Waals surface area (Å²) in [6.07, 6.45) is -0.275. The molecule has 2 unspecified atom stereocenters. The highest BCUT2D eigenvalue weighted by atomic mass is 35.5. The molecule has 2 rings (SSSR count). The lowest BCUT2D eigenvalue weighted by molar-refractivity contribution is -0.147. The van der Waals surface area contributed by atoms with Gasteiger partial charge in [-0.3, -0.25) is 14.4 Å². The van der Waals surface area contributed by atoms with E-state index in [9.17, 15) is 19.6 Å². The molecular formula is C21H18ClNO4. The fourth-order valence-electron chi connectivity index (χ4n) is 2.67. The molecule has 0 bridgehead atoms. The minimum Gasteiger partial charge on any atom is -0.465 e. The number of ketones is 2. The third kappa shape index (κ3) is 5.25. The van der Waals surface area contributed by atoms with E-state index in [4.69, 9.17) is 16.3 Å². The SMILES string of the molecule is CCOC(=O)C(C#N)C(CC(=O)c1ccccc1)C(=O)c1ccc(Cl)cc1. The van der Waals surface area contributed by atoms with Crippen molar-refractivity contribution in [1.29, 1.82) is 5.26 Å². The third-order valence-electron chi connectivity index (χ3n) is 4.05. The Balaban J connectivity index is 2.36. The Morgan fingerprint density at radius 3 is 2.22 bits per heavy atom. The number of hydrogen-bond donors (Lipinski definition) is 0. The number of carbonyl (C=O) groups is 3. The fraction of sp³-hybridized carbons (Fsp3) is 0.238. The van der Waals surface area contributed by atoms with Crippen LogP contribution in [0.2, 0.25) is 5.02 Å². The highest BCUT2D eigenvalue weighted by Gasteiger charge is 2.37. The van der Waals surface area contributed by atoms with Crippen LogP contribution in [0, 0.1) is 23.2 Å². The zero-order valence-electron chi connectivity index (χ0n) is 14.7. The van der Waals surface area contributed by atoms with Crippen LogP contribution < -0.4 is 0 Å². The number of ether oxygens (including phenoxy) is 1. The Morgan fingerprint density at radius 1 is 1.04 bits per heavy atom. The van der Waals surface area contributed by atoms with Crippen molar-refractivity contribution in [3.63, 3.8) is 0 Å². The Kier molecular flexibility index (Phi) is 7.27. The van der Waals surface area contributed by atoms with Crippen LogP contribution >= 0.6 is 11.6 Å². The number of carbonyl (C=O) groups excluding carboxylic acids is 3. The number of nitrogens with zero attached hydrogens (tertiary/aromatic N) is 1. The standard InChI is InChI=1S/C21H18ClNO4/c1-2-27-21(26)18(13-23)17(12-19(24)14-6-4-3-5-7-14)20(25)15-8-10-16(22)11-9-15/h3-11,17-18H,2,12H2,1H3. The summed E-state index contributed by atoms with van der Waals surface area (Å²) < 4.78 is 4.92. The van der Waals surface area contributed by atoms with Crippen molar-refractivity contribution < 1.29 is 19.1 Å². The van der Waals surface area contributed by atoms with E-state index in [0.29, 0.717) is 10.6 Å². The molecule has 2 aromatic rings. The summed E-state index contributed by atoms with van der Waals surface area (Å²) in [5, 5.41) is 9.93. The number of nitriles is 1. The van der Waals surface area contributed by atoms with E-state index < -0.39 is 23.6 Å². The first-order valence-corrected chi connectivity index (χ1v) is 8.80. The summed E-state index contributed by atoms with van der Waals surface area (Å²) >= 11 is 5.85. The average molecular weight is 384 g/mol. The van der Waals surface area contributed by atoms with E-state index in [0.717, 1.165) is 0 Å². The molecule has 0 saturated carbocycles. The maximum Gasteiger partial charge on any atom is 0.324 e. The second kappa shape index (κ2) is 9.65. The van der Waals surface area contributed by atoms with Gasteiger partial charge in [-0.15, -0.1) is 0 Å². The summed E-state index contributed by atoms with van der Waals surface area (Å²) in [4.78, 5) is 37.8. The summed E-state index contributed by atoms with van der Waals surface area (Å²) in [5.41, 5.74) is 0.682. The summed E-state index contributed by atoms with van der Waals surface area (Å²) in [5.74, 6) is -4.14. The van der Waals surface area contributed by atoms with E-state index in [1.54, 1.807) is 37.3 Å². The topological polar surface area (TPSA) is 84.2 Å². The average Bonchev–Trinajstić information content (AvgIpc) is 2.68. The monoisotopic (exact) mass is 383 g/mol. The number of Topliss-reactive ketones (excluding diaryl/α,β-unsaturated/α-hetero) is 2. The first-order valence-electron chi connectivity index (χ1n) is 8.42. The fourth-order valence-corrected chi connectivity index (χ4v) is 2.80. The van der Waals surface area contributed by atoms with Crippen molar-refractivity contribution in [2.75, 3.05) is 6.61 Å². The highest BCUT2D eigenvalue weighted by molar-refractivity contribution is 6.30. The summed E-state index contributed by atoms with van der Waals surface area (Å²) in [6, 6.07) is 16.3. The van der Waals surface area contributed by atoms with Gasteiger partial charge in [-0.25, -0.2) is 0 Å². The summed E-state index contributed by atoms with van der Waals surface area (Å²) in [6.45, 7) is 1.68. The molecule has 0 aliphatic carbocycles. The lowest BCUT2D eigenvalue weighted by Gasteiger charge is -2.19. The van der Waals surface area contributed by atoms with Gasteiger partial charge in [0.1, 0.15) is 0 Å². The first kappa shape index (κ1) is 20.3. The quantitative estimate of drug-likeness (QED) is 0.505. The second-order valence-electron chi connectivity index (χ2n) is 5.83. The molecule has 0 saturated heterocycles. The molecule has 0 aromatic heterocycles. The van der Waals surface area contributed by atoms with Crippen LogP contribution in [0.15, 0.2) is 54.6 Å². The summed E-state index contributed by atoms with van der Waals surface area (Å²) in [7, 11) is 0. The minimum absolute atomic E-state index is 0.0749. The molecule has 6 heteroatoms. The Hall–Kier alpha value is -2.97. The second-order valence-corrected chi connectivity index (χ2v) is 6.27. The van der Waals surface area contributed by atoms with Crippen molar-refractivity contribution in [2.24, 2.45) is 11.8 Å². The molecule has 2 aromatic carbocycles. The molecule has 5 nitrogen and oxygen atoms in total. The van der Waals surface area contributed by atoms with Gasteiger partial charge in [0.15, 0.2) is 17.5 Å². The van der Waals surface area contributed by atoms with Crippen LogP contribution in [0.25, 0.3) is 0 Å². The zero-order valence-corrected chi connectivity index (χ0v) is 15.5. The molecule has 0 radical (unpaired) electrons. The largest absolute Gasteiger partial charge is 0.465 e. The van der Waals surface area contributed by atoms with Crippen LogP contribution in [-0.2, 0) is 9.53 Å². The molecule has 2 atom stereocenters.